The Hall–Kier alpha value is -8.40. The zero-order chi connectivity index (χ0) is 41.7. The number of nitrogens with zero attached hydrogens (tertiary/aromatic N) is 2. The van der Waals surface area contributed by atoms with Gasteiger partial charge in [-0.05, 0) is 94.0 Å². The summed E-state index contributed by atoms with van der Waals surface area (Å²) in [5.74, 6) is 0. The average Bonchev–Trinajstić information content (AvgIpc) is 3.91. The van der Waals surface area contributed by atoms with Crippen molar-refractivity contribution in [3.63, 3.8) is 0 Å². The number of para-hydroxylation sites is 4. The summed E-state index contributed by atoms with van der Waals surface area (Å²) < 4.78 is 8.87. The van der Waals surface area contributed by atoms with Gasteiger partial charge in [-0.2, -0.15) is 0 Å². The van der Waals surface area contributed by atoms with E-state index < -0.39 is 0 Å². The maximum Gasteiger partial charge on any atom is 0.143 e. The second-order valence-electron chi connectivity index (χ2n) is 16.1. The molecule has 0 N–H and O–H groups in total. The van der Waals surface area contributed by atoms with Crippen LogP contribution in [0.3, 0.4) is 0 Å². The first-order chi connectivity index (χ1) is 31.2. The van der Waals surface area contributed by atoms with E-state index in [-0.39, 0.29) is 0 Å². The van der Waals surface area contributed by atoms with Crippen molar-refractivity contribution in [2.24, 2.45) is 0 Å². The Morgan fingerprint density at radius 3 is 1.48 bits per heavy atom. The molecule has 63 heavy (non-hydrogen) atoms. The van der Waals surface area contributed by atoms with Gasteiger partial charge in [0.2, 0.25) is 0 Å². The summed E-state index contributed by atoms with van der Waals surface area (Å²) in [7, 11) is 0. The van der Waals surface area contributed by atoms with Gasteiger partial charge in [0.1, 0.15) is 11.2 Å². The smallest absolute Gasteiger partial charge is 0.143 e. The highest BCUT2D eigenvalue weighted by Crippen LogP contribution is 2.42. The topological polar surface area (TPSA) is 21.3 Å². The fourth-order valence-corrected chi connectivity index (χ4v) is 9.39. The standard InChI is InChI=1S/C60H40N2O/c1-3-14-41(15-4-1)43-26-33-47(34-27-43)61(49-37-30-45(31-38-49)51-21-13-22-55-54-20-9-12-25-59(54)63-60(51)55)48-35-28-44(29-36-48)50-18-7-10-23-56(50)62-57-24-11-8-19-52(57)53-39-32-46(40-58(53)62)42-16-5-2-6-17-42/h1-40H. The molecule has 3 heteroatoms. The molecule has 2 aromatic heterocycles. The Balaban J connectivity index is 0.954. The van der Waals surface area contributed by atoms with Crippen LogP contribution in [-0.2, 0) is 0 Å². The van der Waals surface area contributed by atoms with Gasteiger partial charge in [0, 0.05) is 49.7 Å². The highest BCUT2D eigenvalue weighted by molar-refractivity contribution is 6.11. The zero-order valence-electron chi connectivity index (χ0n) is 34.4. The number of anilines is 3. The van der Waals surface area contributed by atoms with Crippen molar-refractivity contribution in [2.75, 3.05) is 4.90 Å². The first kappa shape index (κ1) is 36.5. The van der Waals surface area contributed by atoms with Crippen LogP contribution in [0, 0.1) is 0 Å². The maximum absolute atomic E-state index is 6.44. The van der Waals surface area contributed by atoms with E-state index in [0.29, 0.717) is 0 Å². The lowest BCUT2D eigenvalue weighted by molar-refractivity contribution is 0.670. The van der Waals surface area contributed by atoms with Crippen molar-refractivity contribution < 1.29 is 4.42 Å². The molecule has 12 aromatic rings. The van der Waals surface area contributed by atoms with Crippen molar-refractivity contribution >= 4 is 60.8 Å². The molecule has 10 aromatic carbocycles. The Labute approximate surface area is 366 Å². The molecule has 0 aliphatic carbocycles. The SMILES string of the molecule is c1ccc(-c2ccc(N(c3ccc(-c4ccccc4-n4c5ccccc5c5ccc(-c6ccccc6)cc54)cc3)c3ccc(-c4cccc5c4oc4ccccc45)cc3)cc2)cc1. The van der Waals surface area contributed by atoms with E-state index in [2.05, 4.69) is 240 Å². The van der Waals surface area contributed by atoms with E-state index in [1.807, 2.05) is 12.1 Å². The van der Waals surface area contributed by atoms with Gasteiger partial charge in [-0.25, -0.2) is 0 Å². The lowest BCUT2D eigenvalue weighted by Crippen LogP contribution is -2.09. The maximum atomic E-state index is 6.44. The van der Waals surface area contributed by atoms with Gasteiger partial charge in [0.15, 0.2) is 0 Å². The fourth-order valence-electron chi connectivity index (χ4n) is 9.39. The number of hydrogen-bond acceptors (Lipinski definition) is 2. The third-order valence-corrected chi connectivity index (χ3v) is 12.4. The van der Waals surface area contributed by atoms with Gasteiger partial charge in [0.25, 0.3) is 0 Å². The Morgan fingerprint density at radius 2 is 0.778 bits per heavy atom. The molecule has 0 saturated heterocycles. The van der Waals surface area contributed by atoms with Crippen LogP contribution in [0.1, 0.15) is 0 Å². The number of hydrogen-bond donors (Lipinski definition) is 0. The minimum absolute atomic E-state index is 0.903. The summed E-state index contributed by atoms with van der Waals surface area (Å²) in [5, 5.41) is 4.75. The van der Waals surface area contributed by atoms with Crippen molar-refractivity contribution in [2.45, 2.75) is 0 Å². The van der Waals surface area contributed by atoms with Gasteiger partial charge in [-0.15, -0.1) is 0 Å². The van der Waals surface area contributed by atoms with Crippen LogP contribution >= 0.6 is 0 Å². The molecule has 0 radical (unpaired) electrons. The lowest BCUT2D eigenvalue weighted by Gasteiger charge is -2.26. The summed E-state index contributed by atoms with van der Waals surface area (Å²) in [6.45, 7) is 0. The molecule has 0 fully saturated rings. The average molecular weight is 805 g/mol. The lowest BCUT2D eigenvalue weighted by atomic mass is 10.0. The largest absolute Gasteiger partial charge is 0.455 e. The number of fused-ring (bicyclic) bond motifs is 6. The first-order valence-corrected chi connectivity index (χ1v) is 21.5. The Morgan fingerprint density at radius 1 is 0.302 bits per heavy atom. The van der Waals surface area contributed by atoms with E-state index in [9.17, 15) is 0 Å². The number of rotatable bonds is 8. The Bertz CT molecular complexity index is 3580. The molecular weight excluding hydrogens is 765 g/mol. The molecule has 0 amide bonds. The molecule has 0 bridgehead atoms. The summed E-state index contributed by atoms with van der Waals surface area (Å²) in [5.41, 5.74) is 17.8. The van der Waals surface area contributed by atoms with Gasteiger partial charge in [-0.1, -0.05) is 182 Å². The number of benzene rings is 10. The van der Waals surface area contributed by atoms with Crippen molar-refractivity contribution in [3.8, 4) is 50.2 Å². The summed E-state index contributed by atoms with van der Waals surface area (Å²) >= 11 is 0. The Kier molecular flexibility index (Phi) is 8.83. The molecule has 2 heterocycles. The van der Waals surface area contributed by atoms with Crippen LogP contribution in [0.5, 0.6) is 0 Å². The molecular formula is C60H40N2O. The van der Waals surface area contributed by atoms with Crippen LogP contribution in [0.25, 0.3) is 93.9 Å². The van der Waals surface area contributed by atoms with Crippen LogP contribution < -0.4 is 4.90 Å². The molecule has 0 aliphatic rings. The summed E-state index contributed by atoms with van der Waals surface area (Å²) in [4.78, 5) is 2.34. The minimum Gasteiger partial charge on any atom is -0.455 e. The van der Waals surface area contributed by atoms with Crippen LogP contribution in [0.2, 0.25) is 0 Å². The first-order valence-electron chi connectivity index (χ1n) is 21.5. The summed E-state index contributed by atoms with van der Waals surface area (Å²) in [6, 6.07) is 87.0. The van der Waals surface area contributed by atoms with Gasteiger partial charge in [-0.3, -0.25) is 0 Å². The van der Waals surface area contributed by atoms with E-state index in [4.69, 9.17) is 4.42 Å². The summed E-state index contributed by atoms with van der Waals surface area (Å²) in [6.07, 6.45) is 0. The van der Waals surface area contributed by atoms with E-state index in [1.165, 1.54) is 49.6 Å². The molecule has 12 rings (SSSR count). The van der Waals surface area contributed by atoms with Gasteiger partial charge >= 0.3 is 0 Å². The third kappa shape index (κ3) is 6.38. The van der Waals surface area contributed by atoms with Crippen LogP contribution in [0.15, 0.2) is 247 Å². The third-order valence-electron chi connectivity index (χ3n) is 12.4. The number of aromatic nitrogens is 1. The molecule has 0 saturated carbocycles. The van der Waals surface area contributed by atoms with E-state index in [1.54, 1.807) is 0 Å². The predicted octanol–water partition coefficient (Wildman–Crippen LogP) is 16.8. The fraction of sp³-hybridized carbons (Fsp3) is 0. The highest BCUT2D eigenvalue weighted by atomic mass is 16.3. The highest BCUT2D eigenvalue weighted by Gasteiger charge is 2.19. The predicted molar refractivity (Wildman–Crippen MR) is 264 cm³/mol. The molecule has 296 valence electrons. The van der Waals surface area contributed by atoms with Gasteiger partial charge in [0.05, 0.1) is 16.7 Å². The minimum atomic E-state index is 0.903. The van der Waals surface area contributed by atoms with E-state index >= 15 is 0 Å². The van der Waals surface area contributed by atoms with E-state index in [0.717, 1.165) is 61.4 Å². The van der Waals surface area contributed by atoms with Crippen molar-refractivity contribution in [3.05, 3.63) is 243 Å². The second-order valence-corrected chi connectivity index (χ2v) is 16.1. The normalized spacial score (nSPS) is 11.5. The second kappa shape index (κ2) is 15.3. The number of furan rings is 1. The molecule has 3 nitrogen and oxygen atoms in total. The molecule has 0 unspecified atom stereocenters. The quantitative estimate of drug-likeness (QED) is 0.153. The van der Waals surface area contributed by atoms with Crippen LogP contribution in [0.4, 0.5) is 17.1 Å². The van der Waals surface area contributed by atoms with Crippen molar-refractivity contribution in [1.82, 2.24) is 4.57 Å². The molecule has 0 aliphatic heterocycles. The molecule has 0 spiro atoms. The van der Waals surface area contributed by atoms with Gasteiger partial charge < -0.3 is 13.9 Å². The van der Waals surface area contributed by atoms with Crippen molar-refractivity contribution in [1.29, 1.82) is 0 Å². The monoisotopic (exact) mass is 804 g/mol. The molecule has 0 atom stereocenters. The zero-order valence-corrected chi connectivity index (χ0v) is 34.4. The van der Waals surface area contributed by atoms with Crippen LogP contribution in [-0.4, -0.2) is 4.57 Å².